The molecule has 104 valence electrons. The zero-order valence-corrected chi connectivity index (χ0v) is 12.5. The van der Waals surface area contributed by atoms with Crippen LogP contribution in [0.5, 0.6) is 0 Å². The van der Waals surface area contributed by atoms with Gasteiger partial charge in [0.15, 0.2) is 6.79 Å². The summed E-state index contributed by atoms with van der Waals surface area (Å²) in [6.45, 7) is -0.888. The fraction of sp³-hybridized carbons (Fsp3) is 0.111. The third kappa shape index (κ3) is 3.61. The highest BCUT2D eigenvalue weighted by molar-refractivity contribution is 7.89. The van der Waals surface area contributed by atoms with E-state index in [4.69, 9.17) is 0 Å². The Morgan fingerprint density at radius 3 is 1.58 bits per heavy atom. The molecule has 0 spiro atoms. The lowest BCUT2D eigenvalue weighted by Gasteiger charge is -2.04. The molecule has 0 aliphatic heterocycles. The molecule has 0 aliphatic rings. The predicted octanol–water partition coefficient (Wildman–Crippen LogP) is 1.88. The van der Waals surface area contributed by atoms with Gasteiger partial charge in [0.05, 0.1) is 0 Å². The highest BCUT2D eigenvalue weighted by atomic mass is 32.3. The second-order valence-corrected chi connectivity index (χ2v) is 8.71. The maximum Gasteiger partial charge on any atom is 0.308 e. The third-order valence-corrected chi connectivity index (χ3v) is 7.09. The van der Waals surface area contributed by atoms with E-state index < -0.39 is 27.0 Å². The van der Waals surface area contributed by atoms with E-state index in [9.17, 15) is 16.8 Å². The average Bonchev–Trinajstić information content (AvgIpc) is 3.03. The molecular weight excluding hydrogens is 332 g/mol. The van der Waals surface area contributed by atoms with Gasteiger partial charge in [-0.15, -0.1) is 22.7 Å². The maximum absolute atomic E-state index is 11.6. The van der Waals surface area contributed by atoms with Gasteiger partial charge in [0.1, 0.15) is 8.42 Å². The van der Waals surface area contributed by atoms with Crippen molar-refractivity contribution < 1.29 is 25.2 Å². The minimum Gasteiger partial charge on any atom is -0.236 e. The van der Waals surface area contributed by atoms with Crippen LogP contribution in [0, 0.1) is 0 Å². The van der Waals surface area contributed by atoms with Gasteiger partial charge in [-0.3, -0.25) is 0 Å². The fourth-order valence-electron chi connectivity index (χ4n) is 1.07. The third-order valence-electron chi connectivity index (χ3n) is 1.89. The van der Waals surface area contributed by atoms with Crippen molar-refractivity contribution in [2.75, 3.05) is 6.79 Å². The highest BCUT2D eigenvalue weighted by Gasteiger charge is 2.20. The Kier molecular flexibility index (Phi) is 4.38. The van der Waals surface area contributed by atoms with Crippen molar-refractivity contribution >= 4 is 42.9 Å². The van der Waals surface area contributed by atoms with Crippen molar-refractivity contribution in [2.24, 2.45) is 0 Å². The molecule has 0 unspecified atom stereocenters. The molecule has 0 aromatic carbocycles. The summed E-state index contributed by atoms with van der Waals surface area (Å²) in [7, 11) is -7.95. The first kappa shape index (κ1) is 14.6. The number of hydrogen-bond donors (Lipinski definition) is 0. The molecule has 0 aliphatic carbocycles. The van der Waals surface area contributed by atoms with Gasteiger partial charge in [0.25, 0.3) is 0 Å². The van der Waals surface area contributed by atoms with E-state index in [-0.39, 0.29) is 8.42 Å². The molecule has 2 heterocycles. The Labute approximate surface area is 118 Å². The van der Waals surface area contributed by atoms with E-state index in [1.807, 2.05) is 0 Å². The molecular formula is C9H8O6S4. The highest BCUT2D eigenvalue weighted by Crippen LogP contribution is 2.21. The van der Waals surface area contributed by atoms with Gasteiger partial charge in [0, 0.05) is 0 Å². The molecule has 6 nitrogen and oxygen atoms in total. The largest absolute Gasteiger partial charge is 0.308 e. The van der Waals surface area contributed by atoms with Gasteiger partial charge in [-0.2, -0.15) is 16.8 Å². The first-order valence-electron chi connectivity index (χ1n) is 4.78. The Morgan fingerprint density at radius 1 is 0.842 bits per heavy atom. The first-order chi connectivity index (χ1) is 8.92. The summed E-state index contributed by atoms with van der Waals surface area (Å²) in [5.41, 5.74) is 0. The summed E-state index contributed by atoms with van der Waals surface area (Å²) in [6, 6.07) is 5.80. The van der Waals surface area contributed by atoms with Gasteiger partial charge in [-0.25, -0.2) is 8.37 Å². The normalized spacial score (nSPS) is 12.6. The molecule has 2 aromatic heterocycles. The van der Waals surface area contributed by atoms with Crippen LogP contribution in [0.1, 0.15) is 0 Å². The molecule has 0 saturated heterocycles. The van der Waals surface area contributed by atoms with Crippen LogP contribution in [-0.2, 0) is 28.6 Å². The molecule has 0 N–H and O–H groups in total. The number of rotatable bonds is 6. The van der Waals surface area contributed by atoms with E-state index in [2.05, 4.69) is 8.37 Å². The van der Waals surface area contributed by atoms with E-state index >= 15 is 0 Å². The lowest BCUT2D eigenvalue weighted by molar-refractivity contribution is 0.133. The predicted molar refractivity (Wildman–Crippen MR) is 70.0 cm³/mol. The Balaban J connectivity index is 1.98. The quantitative estimate of drug-likeness (QED) is 0.589. The Bertz CT molecular complexity index is 648. The topological polar surface area (TPSA) is 86.7 Å². The number of hydrogen-bond acceptors (Lipinski definition) is 8. The lowest BCUT2D eigenvalue weighted by atomic mass is 10.7. The molecule has 2 rings (SSSR count). The summed E-state index contributed by atoms with van der Waals surface area (Å²) in [5, 5.41) is 3.14. The van der Waals surface area contributed by atoms with E-state index in [1.54, 1.807) is 22.9 Å². The van der Waals surface area contributed by atoms with Gasteiger partial charge in [-0.05, 0) is 22.9 Å². The molecule has 0 saturated carbocycles. The zero-order chi connectivity index (χ0) is 13.9. The first-order valence-corrected chi connectivity index (χ1v) is 9.35. The van der Waals surface area contributed by atoms with Crippen LogP contribution in [0.25, 0.3) is 0 Å². The molecule has 0 amide bonds. The molecule has 0 radical (unpaired) electrons. The molecule has 19 heavy (non-hydrogen) atoms. The Hall–Kier alpha value is -0.780. The van der Waals surface area contributed by atoms with Crippen LogP contribution in [0.15, 0.2) is 43.4 Å². The monoisotopic (exact) mass is 340 g/mol. The Morgan fingerprint density at radius 2 is 1.26 bits per heavy atom. The second kappa shape index (κ2) is 5.69. The van der Waals surface area contributed by atoms with Gasteiger partial charge in [-0.1, -0.05) is 12.1 Å². The molecule has 2 aromatic rings. The number of thiophene rings is 2. The lowest BCUT2D eigenvalue weighted by Crippen LogP contribution is -2.12. The van der Waals surface area contributed by atoms with E-state index in [1.165, 1.54) is 12.1 Å². The van der Waals surface area contributed by atoms with Crippen LogP contribution >= 0.6 is 22.7 Å². The summed E-state index contributed by atoms with van der Waals surface area (Å²) < 4.78 is 55.3. The molecule has 0 fully saturated rings. The van der Waals surface area contributed by atoms with E-state index in [0.29, 0.717) is 0 Å². The summed E-state index contributed by atoms with van der Waals surface area (Å²) in [6.07, 6.45) is 0. The van der Waals surface area contributed by atoms with Gasteiger partial charge in [0.2, 0.25) is 0 Å². The van der Waals surface area contributed by atoms with Gasteiger partial charge < -0.3 is 0 Å². The summed E-state index contributed by atoms with van der Waals surface area (Å²) in [4.78, 5) is 0. The van der Waals surface area contributed by atoms with Crippen LogP contribution in [-0.4, -0.2) is 23.6 Å². The molecule has 0 atom stereocenters. The molecule has 0 bridgehead atoms. The summed E-state index contributed by atoms with van der Waals surface area (Å²) in [5.74, 6) is 0. The maximum atomic E-state index is 11.6. The minimum absolute atomic E-state index is 0.00961. The fourth-order valence-corrected chi connectivity index (χ4v) is 4.67. The van der Waals surface area contributed by atoms with Crippen molar-refractivity contribution in [3.05, 3.63) is 35.0 Å². The van der Waals surface area contributed by atoms with Crippen molar-refractivity contribution in [2.45, 2.75) is 8.42 Å². The minimum atomic E-state index is -3.98. The zero-order valence-electron chi connectivity index (χ0n) is 9.25. The second-order valence-electron chi connectivity index (χ2n) is 3.13. The van der Waals surface area contributed by atoms with Crippen LogP contribution in [0.4, 0.5) is 0 Å². The van der Waals surface area contributed by atoms with Crippen molar-refractivity contribution in [1.82, 2.24) is 0 Å². The average molecular weight is 340 g/mol. The van der Waals surface area contributed by atoms with Crippen molar-refractivity contribution in [3.63, 3.8) is 0 Å². The smallest absolute Gasteiger partial charge is 0.236 e. The van der Waals surface area contributed by atoms with Gasteiger partial charge >= 0.3 is 20.2 Å². The standard InChI is InChI=1S/C9H8O6S4/c10-18(11,8-3-1-5-16-8)14-7-15-19(12,13)9-4-2-6-17-9/h1-6H,7H2. The van der Waals surface area contributed by atoms with Crippen molar-refractivity contribution in [3.8, 4) is 0 Å². The van der Waals surface area contributed by atoms with Crippen LogP contribution < -0.4 is 0 Å². The molecule has 10 heteroatoms. The van der Waals surface area contributed by atoms with Crippen LogP contribution in [0.3, 0.4) is 0 Å². The summed E-state index contributed by atoms with van der Waals surface area (Å²) >= 11 is 1.94. The van der Waals surface area contributed by atoms with Crippen molar-refractivity contribution in [1.29, 1.82) is 0 Å². The SMILES string of the molecule is O=S(=O)(OCOS(=O)(=O)c1cccs1)c1cccs1. The van der Waals surface area contributed by atoms with E-state index in [0.717, 1.165) is 22.7 Å². The van der Waals surface area contributed by atoms with Crippen LogP contribution in [0.2, 0.25) is 0 Å².